The maximum absolute atomic E-state index is 13.3. The van der Waals surface area contributed by atoms with Crippen LogP contribution in [0.15, 0.2) is 17.1 Å². The van der Waals surface area contributed by atoms with Crippen LogP contribution in [0.25, 0.3) is 0 Å². The number of halogens is 3. The van der Waals surface area contributed by atoms with E-state index in [4.69, 9.17) is 10.6 Å². The number of rotatable bonds is 4. The van der Waals surface area contributed by atoms with E-state index in [9.17, 15) is 13.2 Å². The molecule has 0 heterocycles. The van der Waals surface area contributed by atoms with Crippen LogP contribution in [0.1, 0.15) is 0 Å². The number of hydrazine groups is 1. The lowest BCUT2D eigenvalue weighted by Crippen LogP contribution is -2.36. The molecule has 8 heteroatoms. The first-order chi connectivity index (χ1) is 8.58. The SMILES string of the molecule is COCCN=C(NN)Nc1cc(F)c(F)cc1F. The fourth-order valence-corrected chi connectivity index (χ4v) is 1.12. The standard InChI is InChI=1S/C10H13F3N4O/c1-18-3-2-15-10(17-14)16-9-5-7(12)6(11)4-8(9)13/h4-5H,2-3,14H2,1H3,(H2,15,16,17). The highest BCUT2D eigenvalue weighted by atomic mass is 19.2. The van der Waals surface area contributed by atoms with Crippen LogP contribution in [0.3, 0.4) is 0 Å². The first-order valence-corrected chi connectivity index (χ1v) is 5.00. The molecule has 1 rings (SSSR count). The molecule has 18 heavy (non-hydrogen) atoms. The van der Waals surface area contributed by atoms with Crippen molar-refractivity contribution in [2.75, 3.05) is 25.6 Å². The Labute approximate surface area is 102 Å². The number of anilines is 1. The molecular weight excluding hydrogens is 249 g/mol. The Morgan fingerprint density at radius 3 is 2.56 bits per heavy atom. The van der Waals surface area contributed by atoms with E-state index in [-0.39, 0.29) is 18.2 Å². The summed E-state index contributed by atoms with van der Waals surface area (Å²) < 4.78 is 43.7. The number of nitrogens with two attached hydrogens (primary N) is 1. The largest absolute Gasteiger partial charge is 0.383 e. The van der Waals surface area contributed by atoms with Crippen LogP contribution in [0.5, 0.6) is 0 Å². The van der Waals surface area contributed by atoms with Crippen molar-refractivity contribution in [2.45, 2.75) is 0 Å². The quantitative estimate of drug-likeness (QED) is 0.189. The number of aliphatic imine (C=N–C) groups is 1. The molecule has 4 N–H and O–H groups in total. The van der Waals surface area contributed by atoms with Gasteiger partial charge in [0.2, 0.25) is 5.96 Å². The Morgan fingerprint density at radius 2 is 1.94 bits per heavy atom. The zero-order valence-corrected chi connectivity index (χ0v) is 9.64. The fraction of sp³-hybridized carbons (Fsp3) is 0.300. The van der Waals surface area contributed by atoms with E-state index in [1.54, 1.807) is 0 Å². The van der Waals surface area contributed by atoms with Gasteiger partial charge in [0.15, 0.2) is 11.6 Å². The summed E-state index contributed by atoms with van der Waals surface area (Å²) in [6.07, 6.45) is 0. The van der Waals surface area contributed by atoms with Gasteiger partial charge in [-0.2, -0.15) is 0 Å². The van der Waals surface area contributed by atoms with Crippen molar-refractivity contribution in [3.05, 3.63) is 29.6 Å². The predicted octanol–water partition coefficient (Wildman–Crippen LogP) is 0.981. The Kier molecular flexibility index (Phi) is 5.40. The Bertz CT molecular complexity index is 439. The normalized spacial score (nSPS) is 11.5. The van der Waals surface area contributed by atoms with E-state index in [0.717, 1.165) is 0 Å². The Hall–Kier alpha value is -1.80. The molecule has 0 aliphatic carbocycles. The summed E-state index contributed by atoms with van der Waals surface area (Å²) in [4.78, 5) is 3.88. The van der Waals surface area contributed by atoms with Gasteiger partial charge in [-0.15, -0.1) is 0 Å². The van der Waals surface area contributed by atoms with Crippen LogP contribution in [0.4, 0.5) is 18.9 Å². The molecule has 0 atom stereocenters. The lowest BCUT2D eigenvalue weighted by Gasteiger charge is -2.10. The summed E-state index contributed by atoms with van der Waals surface area (Å²) in [6.45, 7) is 0.613. The summed E-state index contributed by atoms with van der Waals surface area (Å²) in [5, 5.41) is 2.40. The molecule has 5 nitrogen and oxygen atoms in total. The number of methoxy groups -OCH3 is 1. The molecular formula is C10H13F3N4O. The Morgan fingerprint density at radius 1 is 1.28 bits per heavy atom. The molecule has 0 saturated heterocycles. The molecule has 0 bridgehead atoms. The van der Waals surface area contributed by atoms with Crippen LogP contribution in [-0.2, 0) is 4.74 Å². The van der Waals surface area contributed by atoms with Crippen LogP contribution < -0.4 is 16.6 Å². The first-order valence-electron chi connectivity index (χ1n) is 5.00. The number of nitrogens with zero attached hydrogens (tertiary/aromatic N) is 1. The lowest BCUT2D eigenvalue weighted by molar-refractivity contribution is 0.208. The summed E-state index contributed by atoms with van der Waals surface area (Å²) in [6, 6.07) is 1.11. The number of hydrogen-bond acceptors (Lipinski definition) is 3. The van der Waals surface area contributed by atoms with Gasteiger partial charge in [-0.1, -0.05) is 0 Å². The maximum Gasteiger partial charge on any atom is 0.210 e. The van der Waals surface area contributed by atoms with Gasteiger partial charge in [0.05, 0.1) is 18.8 Å². The van der Waals surface area contributed by atoms with Crippen LogP contribution in [-0.4, -0.2) is 26.2 Å². The van der Waals surface area contributed by atoms with Crippen molar-refractivity contribution in [2.24, 2.45) is 10.8 Å². The van der Waals surface area contributed by atoms with Crippen molar-refractivity contribution < 1.29 is 17.9 Å². The van der Waals surface area contributed by atoms with Gasteiger partial charge >= 0.3 is 0 Å². The number of benzene rings is 1. The van der Waals surface area contributed by atoms with Crippen molar-refractivity contribution in [1.29, 1.82) is 0 Å². The number of ether oxygens (including phenoxy) is 1. The highest BCUT2D eigenvalue weighted by Gasteiger charge is 2.10. The maximum atomic E-state index is 13.3. The van der Waals surface area contributed by atoms with Crippen molar-refractivity contribution in [3.63, 3.8) is 0 Å². The molecule has 0 fully saturated rings. The van der Waals surface area contributed by atoms with Gasteiger partial charge in [0.25, 0.3) is 0 Å². The van der Waals surface area contributed by atoms with Gasteiger partial charge in [-0.05, 0) is 0 Å². The molecule has 0 saturated carbocycles. The van der Waals surface area contributed by atoms with Crippen molar-refractivity contribution >= 4 is 11.6 Å². The summed E-state index contributed by atoms with van der Waals surface area (Å²) in [7, 11) is 1.49. The second-order valence-electron chi connectivity index (χ2n) is 3.24. The summed E-state index contributed by atoms with van der Waals surface area (Å²) >= 11 is 0. The first kappa shape index (κ1) is 14.3. The van der Waals surface area contributed by atoms with Crippen LogP contribution in [0.2, 0.25) is 0 Å². The van der Waals surface area contributed by atoms with E-state index < -0.39 is 17.5 Å². The molecule has 0 radical (unpaired) electrons. The molecule has 0 aliphatic rings. The molecule has 0 unspecified atom stereocenters. The zero-order valence-electron chi connectivity index (χ0n) is 9.64. The van der Waals surface area contributed by atoms with E-state index in [2.05, 4.69) is 15.7 Å². The third-order valence-corrected chi connectivity index (χ3v) is 1.97. The molecule has 0 amide bonds. The van der Waals surface area contributed by atoms with Crippen molar-refractivity contribution in [3.8, 4) is 0 Å². The third-order valence-electron chi connectivity index (χ3n) is 1.97. The predicted molar refractivity (Wildman–Crippen MR) is 61.4 cm³/mol. The fourth-order valence-electron chi connectivity index (χ4n) is 1.12. The highest BCUT2D eigenvalue weighted by molar-refractivity contribution is 5.93. The van der Waals surface area contributed by atoms with Crippen molar-refractivity contribution in [1.82, 2.24) is 5.43 Å². The second-order valence-corrected chi connectivity index (χ2v) is 3.24. The molecule has 1 aromatic rings. The number of hydrogen-bond donors (Lipinski definition) is 3. The van der Waals surface area contributed by atoms with E-state index in [0.29, 0.717) is 18.7 Å². The molecule has 0 aliphatic heterocycles. The summed E-state index contributed by atoms with van der Waals surface area (Å²) in [5.41, 5.74) is 1.90. The van der Waals surface area contributed by atoms with E-state index in [1.807, 2.05) is 0 Å². The average Bonchev–Trinajstić information content (AvgIpc) is 2.34. The van der Waals surface area contributed by atoms with Gasteiger partial charge in [-0.25, -0.2) is 24.0 Å². The van der Waals surface area contributed by atoms with Gasteiger partial charge < -0.3 is 10.1 Å². The highest BCUT2D eigenvalue weighted by Crippen LogP contribution is 2.18. The third kappa shape index (κ3) is 3.90. The van der Waals surface area contributed by atoms with Crippen LogP contribution >= 0.6 is 0 Å². The number of nitrogens with one attached hydrogen (secondary N) is 2. The molecule has 0 aromatic heterocycles. The molecule has 0 spiro atoms. The average molecular weight is 262 g/mol. The van der Waals surface area contributed by atoms with Gasteiger partial charge in [0.1, 0.15) is 5.82 Å². The minimum absolute atomic E-state index is 0.0111. The van der Waals surface area contributed by atoms with Gasteiger partial charge in [-0.3, -0.25) is 5.43 Å². The minimum Gasteiger partial charge on any atom is -0.383 e. The van der Waals surface area contributed by atoms with E-state index in [1.165, 1.54) is 7.11 Å². The summed E-state index contributed by atoms with van der Waals surface area (Å²) in [5.74, 6) is 1.76. The molecule has 100 valence electrons. The zero-order chi connectivity index (χ0) is 13.5. The lowest BCUT2D eigenvalue weighted by atomic mass is 10.3. The van der Waals surface area contributed by atoms with Gasteiger partial charge in [0, 0.05) is 19.2 Å². The minimum atomic E-state index is -1.27. The number of guanidine groups is 1. The molecule has 1 aromatic carbocycles. The van der Waals surface area contributed by atoms with Crippen LogP contribution in [0, 0.1) is 17.5 Å². The topological polar surface area (TPSA) is 71.7 Å². The van der Waals surface area contributed by atoms with E-state index >= 15 is 0 Å². The Balaban J connectivity index is 2.81. The monoisotopic (exact) mass is 262 g/mol. The smallest absolute Gasteiger partial charge is 0.210 e. The second kappa shape index (κ2) is 6.82.